The average Bonchev–Trinajstić information content (AvgIpc) is 2.72. The summed E-state index contributed by atoms with van der Waals surface area (Å²) in [5.74, 6) is 0.842. The van der Waals surface area contributed by atoms with Gasteiger partial charge in [-0.2, -0.15) is 0 Å². The van der Waals surface area contributed by atoms with E-state index in [0.717, 1.165) is 15.9 Å². The monoisotopic (exact) mass is 325 g/mol. The first-order valence-electron chi connectivity index (χ1n) is 6.36. The minimum Gasteiger partial charge on any atom is -0.497 e. The molecule has 1 fully saturated rings. The molecule has 0 aromatic heterocycles. The van der Waals surface area contributed by atoms with Gasteiger partial charge in [0, 0.05) is 16.5 Å². The van der Waals surface area contributed by atoms with Gasteiger partial charge in [0.15, 0.2) is 0 Å². The summed E-state index contributed by atoms with van der Waals surface area (Å²) in [6.45, 7) is 8.55. The number of anilines is 1. The van der Waals surface area contributed by atoms with Gasteiger partial charge < -0.3 is 10.1 Å². The summed E-state index contributed by atoms with van der Waals surface area (Å²) in [6.07, 6.45) is 0. The van der Waals surface area contributed by atoms with E-state index in [-0.39, 0.29) is 22.7 Å². The minimum atomic E-state index is 0.0399. The number of hydrogen-bond acceptors (Lipinski definition) is 2. The fourth-order valence-corrected chi connectivity index (χ4v) is 3.13. The second-order valence-corrected chi connectivity index (χ2v) is 7.07. The van der Waals surface area contributed by atoms with Crippen molar-refractivity contribution in [1.29, 1.82) is 0 Å². The Bertz CT molecular complexity index is 509. The Labute approximate surface area is 122 Å². The smallest absolute Gasteiger partial charge is 0.228 e. The maximum atomic E-state index is 12.4. The molecule has 1 aliphatic carbocycles. The Morgan fingerprint density at radius 3 is 2.32 bits per heavy atom. The first-order chi connectivity index (χ1) is 8.71. The molecule has 3 nitrogen and oxygen atoms in total. The summed E-state index contributed by atoms with van der Waals surface area (Å²) >= 11 is 3.44. The minimum absolute atomic E-state index is 0.0399. The van der Waals surface area contributed by atoms with Crippen molar-refractivity contribution in [2.24, 2.45) is 16.7 Å². The van der Waals surface area contributed by atoms with Crippen molar-refractivity contribution in [3.05, 3.63) is 22.7 Å². The Kier molecular flexibility index (Phi) is 3.42. The molecule has 0 radical (unpaired) electrons. The van der Waals surface area contributed by atoms with E-state index in [2.05, 4.69) is 48.9 Å². The van der Waals surface area contributed by atoms with Crippen LogP contribution in [0, 0.1) is 16.7 Å². The molecule has 104 valence electrons. The fraction of sp³-hybridized carbons (Fsp3) is 0.533. The van der Waals surface area contributed by atoms with Crippen molar-refractivity contribution < 1.29 is 9.53 Å². The Morgan fingerprint density at radius 1 is 1.26 bits per heavy atom. The Hall–Kier alpha value is -1.03. The molecule has 19 heavy (non-hydrogen) atoms. The lowest BCUT2D eigenvalue weighted by Crippen LogP contribution is -2.18. The highest BCUT2D eigenvalue weighted by Gasteiger charge is 2.68. The summed E-state index contributed by atoms with van der Waals surface area (Å²) in [5, 5.41) is 2.99. The molecule has 1 aromatic rings. The Morgan fingerprint density at radius 2 is 1.84 bits per heavy atom. The van der Waals surface area contributed by atoms with Crippen LogP contribution in [0.25, 0.3) is 0 Å². The van der Waals surface area contributed by atoms with Gasteiger partial charge in [0.2, 0.25) is 5.91 Å². The van der Waals surface area contributed by atoms with Crippen LogP contribution in [-0.2, 0) is 4.79 Å². The largest absolute Gasteiger partial charge is 0.497 e. The van der Waals surface area contributed by atoms with E-state index in [9.17, 15) is 4.79 Å². The summed E-state index contributed by atoms with van der Waals surface area (Å²) in [7, 11) is 1.61. The van der Waals surface area contributed by atoms with E-state index >= 15 is 0 Å². The van der Waals surface area contributed by atoms with E-state index in [1.54, 1.807) is 7.11 Å². The average molecular weight is 326 g/mol. The third-order valence-electron chi connectivity index (χ3n) is 4.71. The number of rotatable bonds is 3. The molecular weight excluding hydrogens is 306 g/mol. The number of benzene rings is 1. The number of amides is 1. The molecule has 1 aromatic carbocycles. The number of carbonyl (C=O) groups is 1. The zero-order valence-corrected chi connectivity index (χ0v) is 13.6. The molecule has 0 spiro atoms. The van der Waals surface area contributed by atoms with Crippen LogP contribution in [-0.4, -0.2) is 13.0 Å². The number of hydrogen-bond donors (Lipinski definition) is 1. The molecule has 1 aliphatic rings. The van der Waals surface area contributed by atoms with E-state index < -0.39 is 0 Å². The summed E-state index contributed by atoms with van der Waals surface area (Å²) in [6, 6.07) is 5.55. The highest BCUT2D eigenvalue weighted by Crippen LogP contribution is 2.68. The predicted octanol–water partition coefficient (Wildman–Crippen LogP) is 4.08. The summed E-state index contributed by atoms with van der Waals surface area (Å²) in [4.78, 5) is 12.4. The van der Waals surface area contributed by atoms with Crippen molar-refractivity contribution in [1.82, 2.24) is 0 Å². The SMILES string of the molecule is COc1ccc(Br)c(NC(=O)C2C(C)(C)C2(C)C)c1. The number of nitrogens with one attached hydrogen (secondary N) is 1. The molecule has 0 unspecified atom stereocenters. The lowest BCUT2D eigenvalue weighted by Gasteiger charge is -2.10. The van der Waals surface area contributed by atoms with Crippen LogP contribution < -0.4 is 10.1 Å². The number of methoxy groups -OCH3 is 1. The van der Waals surface area contributed by atoms with Crippen LogP contribution in [0.5, 0.6) is 5.75 Å². The van der Waals surface area contributed by atoms with Crippen molar-refractivity contribution in [2.75, 3.05) is 12.4 Å². The van der Waals surface area contributed by atoms with E-state index in [1.807, 2.05) is 18.2 Å². The second-order valence-electron chi connectivity index (χ2n) is 6.21. The van der Waals surface area contributed by atoms with Gasteiger partial charge in [0.25, 0.3) is 0 Å². The zero-order valence-electron chi connectivity index (χ0n) is 12.0. The van der Waals surface area contributed by atoms with Gasteiger partial charge in [0.05, 0.1) is 12.8 Å². The molecule has 0 atom stereocenters. The first-order valence-corrected chi connectivity index (χ1v) is 7.15. The van der Waals surface area contributed by atoms with E-state index in [1.165, 1.54) is 0 Å². The molecule has 0 bridgehead atoms. The van der Waals surface area contributed by atoms with Crippen LogP contribution >= 0.6 is 15.9 Å². The molecule has 4 heteroatoms. The maximum Gasteiger partial charge on any atom is 0.228 e. The van der Waals surface area contributed by atoms with Gasteiger partial charge in [0.1, 0.15) is 5.75 Å². The van der Waals surface area contributed by atoms with E-state index in [0.29, 0.717) is 0 Å². The molecule has 1 saturated carbocycles. The van der Waals surface area contributed by atoms with Crippen molar-refractivity contribution in [2.45, 2.75) is 27.7 Å². The lowest BCUT2D eigenvalue weighted by atomic mass is 10.0. The quantitative estimate of drug-likeness (QED) is 0.909. The maximum absolute atomic E-state index is 12.4. The van der Waals surface area contributed by atoms with Crippen LogP contribution in [0.4, 0.5) is 5.69 Å². The van der Waals surface area contributed by atoms with Gasteiger partial charge >= 0.3 is 0 Å². The first kappa shape index (κ1) is 14.4. The predicted molar refractivity (Wildman–Crippen MR) is 80.4 cm³/mol. The van der Waals surface area contributed by atoms with Gasteiger partial charge in [-0.3, -0.25) is 4.79 Å². The van der Waals surface area contributed by atoms with E-state index in [4.69, 9.17) is 4.74 Å². The standard InChI is InChI=1S/C15H20BrNO2/c1-14(2)12(15(14,3)4)13(18)17-11-8-9(19-5)6-7-10(11)16/h6-8,12H,1-5H3,(H,17,18). The van der Waals surface area contributed by atoms with Crippen LogP contribution in [0.2, 0.25) is 0 Å². The summed E-state index contributed by atoms with van der Waals surface area (Å²) < 4.78 is 6.04. The van der Waals surface area contributed by atoms with Crippen molar-refractivity contribution in [3.63, 3.8) is 0 Å². The highest BCUT2D eigenvalue weighted by molar-refractivity contribution is 9.10. The van der Waals surface area contributed by atoms with Crippen molar-refractivity contribution in [3.8, 4) is 5.75 Å². The van der Waals surface area contributed by atoms with Gasteiger partial charge in [-0.1, -0.05) is 27.7 Å². The third-order valence-corrected chi connectivity index (χ3v) is 5.41. The Balaban J connectivity index is 2.17. The van der Waals surface area contributed by atoms with Crippen LogP contribution in [0.1, 0.15) is 27.7 Å². The number of carbonyl (C=O) groups excluding carboxylic acids is 1. The molecule has 2 rings (SSSR count). The van der Waals surface area contributed by atoms with Gasteiger partial charge in [-0.25, -0.2) is 0 Å². The molecule has 0 saturated heterocycles. The third kappa shape index (κ3) is 2.27. The molecule has 0 heterocycles. The fourth-order valence-electron chi connectivity index (χ4n) is 2.78. The zero-order chi connectivity index (χ0) is 14.4. The molecule has 1 N–H and O–H groups in total. The molecule has 0 aliphatic heterocycles. The number of halogens is 1. The topological polar surface area (TPSA) is 38.3 Å². The molecular formula is C15H20BrNO2. The normalized spacial score (nSPS) is 19.9. The van der Waals surface area contributed by atoms with Crippen LogP contribution in [0.3, 0.4) is 0 Å². The number of ether oxygens (including phenoxy) is 1. The molecule has 1 amide bonds. The van der Waals surface area contributed by atoms with Gasteiger partial charge in [-0.05, 0) is 38.9 Å². The van der Waals surface area contributed by atoms with Crippen LogP contribution in [0.15, 0.2) is 22.7 Å². The lowest BCUT2D eigenvalue weighted by molar-refractivity contribution is -0.118. The summed E-state index contributed by atoms with van der Waals surface area (Å²) in [5.41, 5.74) is 0.841. The second kappa shape index (κ2) is 4.51. The van der Waals surface area contributed by atoms with Gasteiger partial charge in [-0.15, -0.1) is 0 Å². The highest BCUT2D eigenvalue weighted by atomic mass is 79.9. The van der Waals surface area contributed by atoms with Crippen molar-refractivity contribution >= 4 is 27.5 Å².